The second-order valence-electron chi connectivity index (χ2n) is 4.59. The maximum atomic E-state index is 5.96. The Hall–Kier alpha value is -2.05. The Bertz CT molecular complexity index is 707. The molecule has 6 heteroatoms. The molecule has 0 aliphatic carbocycles. The SMILES string of the molecule is CNCc1cccc(OC)c1OCc1cn2ccsc2n1. The lowest BCUT2D eigenvalue weighted by Crippen LogP contribution is -2.08. The van der Waals surface area contributed by atoms with E-state index in [0.717, 1.165) is 34.3 Å². The molecule has 1 N–H and O–H groups in total. The van der Waals surface area contributed by atoms with Crippen LogP contribution < -0.4 is 14.8 Å². The number of ether oxygens (including phenoxy) is 2. The Labute approximate surface area is 127 Å². The van der Waals surface area contributed by atoms with Crippen molar-refractivity contribution in [2.24, 2.45) is 0 Å². The number of rotatable bonds is 6. The summed E-state index contributed by atoms with van der Waals surface area (Å²) in [7, 11) is 3.56. The van der Waals surface area contributed by atoms with Gasteiger partial charge in [-0.15, -0.1) is 11.3 Å². The fourth-order valence-electron chi connectivity index (χ4n) is 2.21. The van der Waals surface area contributed by atoms with Crippen molar-refractivity contribution in [2.75, 3.05) is 14.2 Å². The molecule has 5 nitrogen and oxygen atoms in total. The van der Waals surface area contributed by atoms with Gasteiger partial charge in [0.15, 0.2) is 16.5 Å². The molecular formula is C15H17N3O2S. The van der Waals surface area contributed by atoms with Gasteiger partial charge in [-0.25, -0.2) is 4.98 Å². The van der Waals surface area contributed by atoms with Crippen LogP contribution in [0.5, 0.6) is 11.5 Å². The highest BCUT2D eigenvalue weighted by atomic mass is 32.1. The standard InChI is InChI=1S/C15H17N3O2S/c1-16-8-11-4-3-5-13(19-2)14(11)20-10-12-9-18-6-7-21-15(18)17-12/h3-7,9,16H,8,10H2,1-2H3. The molecule has 2 heterocycles. The maximum absolute atomic E-state index is 5.96. The van der Waals surface area contributed by atoms with Crippen molar-refractivity contribution >= 4 is 16.3 Å². The lowest BCUT2D eigenvalue weighted by Gasteiger charge is -2.14. The van der Waals surface area contributed by atoms with Gasteiger partial charge >= 0.3 is 0 Å². The summed E-state index contributed by atoms with van der Waals surface area (Å²) >= 11 is 1.61. The number of nitrogens with zero attached hydrogens (tertiary/aromatic N) is 2. The Morgan fingerprint density at radius 3 is 3.05 bits per heavy atom. The number of nitrogens with one attached hydrogen (secondary N) is 1. The number of methoxy groups -OCH3 is 1. The van der Waals surface area contributed by atoms with Gasteiger partial charge in [0.1, 0.15) is 6.61 Å². The molecule has 1 aromatic carbocycles. The predicted octanol–water partition coefficient (Wildman–Crippen LogP) is 2.70. The Morgan fingerprint density at radius 2 is 2.29 bits per heavy atom. The van der Waals surface area contributed by atoms with Gasteiger partial charge < -0.3 is 14.8 Å². The fraction of sp³-hybridized carbons (Fsp3) is 0.267. The minimum Gasteiger partial charge on any atom is -0.493 e. The van der Waals surface area contributed by atoms with Gasteiger partial charge in [0, 0.05) is 29.9 Å². The van der Waals surface area contributed by atoms with Crippen molar-refractivity contribution in [2.45, 2.75) is 13.2 Å². The van der Waals surface area contributed by atoms with Crippen LogP contribution >= 0.6 is 11.3 Å². The van der Waals surface area contributed by atoms with Crippen molar-refractivity contribution in [3.63, 3.8) is 0 Å². The largest absolute Gasteiger partial charge is 0.493 e. The molecule has 0 fully saturated rings. The summed E-state index contributed by atoms with van der Waals surface area (Å²) in [6, 6.07) is 5.89. The van der Waals surface area contributed by atoms with Gasteiger partial charge in [0.05, 0.1) is 12.8 Å². The Morgan fingerprint density at radius 1 is 1.38 bits per heavy atom. The van der Waals surface area contributed by atoms with E-state index in [1.807, 2.05) is 47.4 Å². The van der Waals surface area contributed by atoms with Crippen LogP contribution in [0.4, 0.5) is 0 Å². The Kier molecular flexibility index (Phi) is 4.08. The van der Waals surface area contributed by atoms with Crippen LogP contribution in [0.1, 0.15) is 11.3 Å². The van der Waals surface area contributed by atoms with Crippen LogP contribution in [0.3, 0.4) is 0 Å². The average molecular weight is 303 g/mol. The number of thiazole rings is 1. The predicted molar refractivity (Wildman–Crippen MR) is 83.2 cm³/mol. The quantitative estimate of drug-likeness (QED) is 0.760. The fourth-order valence-corrected chi connectivity index (χ4v) is 2.93. The lowest BCUT2D eigenvalue weighted by atomic mass is 10.2. The van der Waals surface area contributed by atoms with Crippen molar-refractivity contribution in [1.82, 2.24) is 14.7 Å². The van der Waals surface area contributed by atoms with E-state index in [1.54, 1.807) is 18.4 Å². The minimum absolute atomic E-state index is 0.422. The lowest BCUT2D eigenvalue weighted by molar-refractivity contribution is 0.277. The van der Waals surface area contributed by atoms with E-state index in [0.29, 0.717) is 6.61 Å². The number of hydrogen-bond donors (Lipinski definition) is 1. The monoisotopic (exact) mass is 303 g/mol. The molecule has 3 aromatic rings. The van der Waals surface area contributed by atoms with Crippen molar-refractivity contribution in [3.8, 4) is 11.5 Å². The molecule has 0 aliphatic heterocycles. The molecule has 0 atom stereocenters. The smallest absolute Gasteiger partial charge is 0.193 e. The number of hydrogen-bond acceptors (Lipinski definition) is 5. The molecule has 2 aromatic heterocycles. The van der Waals surface area contributed by atoms with Crippen LogP contribution in [-0.4, -0.2) is 23.5 Å². The van der Waals surface area contributed by atoms with Crippen molar-refractivity contribution < 1.29 is 9.47 Å². The van der Waals surface area contributed by atoms with Gasteiger partial charge in [0.25, 0.3) is 0 Å². The number of aromatic nitrogens is 2. The molecule has 0 spiro atoms. The zero-order chi connectivity index (χ0) is 14.7. The molecule has 0 amide bonds. The third kappa shape index (κ3) is 2.86. The normalized spacial score (nSPS) is 11.0. The molecule has 110 valence electrons. The molecule has 0 bridgehead atoms. The van der Waals surface area contributed by atoms with Gasteiger partial charge in [0.2, 0.25) is 0 Å². The molecule has 0 aliphatic rings. The van der Waals surface area contributed by atoms with E-state index in [1.165, 1.54) is 0 Å². The van der Waals surface area contributed by atoms with Gasteiger partial charge in [-0.2, -0.15) is 0 Å². The van der Waals surface area contributed by atoms with Crippen molar-refractivity contribution in [3.05, 3.63) is 47.2 Å². The zero-order valence-electron chi connectivity index (χ0n) is 12.0. The minimum atomic E-state index is 0.422. The maximum Gasteiger partial charge on any atom is 0.193 e. The van der Waals surface area contributed by atoms with Gasteiger partial charge in [-0.3, -0.25) is 4.40 Å². The highest BCUT2D eigenvalue weighted by molar-refractivity contribution is 7.15. The summed E-state index contributed by atoms with van der Waals surface area (Å²) in [6.45, 7) is 1.15. The summed E-state index contributed by atoms with van der Waals surface area (Å²) in [4.78, 5) is 5.49. The first-order valence-corrected chi connectivity index (χ1v) is 7.54. The first-order valence-electron chi connectivity index (χ1n) is 6.66. The third-order valence-corrected chi connectivity index (χ3v) is 3.93. The summed E-state index contributed by atoms with van der Waals surface area (Å²) in [5, 5.41) is 5.15. The van der Waals surface area contributed by atoms with Crippen LogP contribution in [0.15, 0.2) is 36.0 Å². The second kappa shape index (κ2) is 6.15. The molecule has 0 unspecified atom stereocenters. The molecule has 21 heavy (non-hydrogen) atoms. The number of fused-ring (bicyclic) bond motifs is 1. The summed E-state index contributed by atoms with van der Waals surface area (Å²) in [6.07, 6.45) is 3.98. The van der Waals surface area contributed by atoms with Gasteiger partial charge in [-0.1, -0.05) is 12.1 Å². The summed E-state index contributed by atoms with van der Waals surface area (Å²) in [5.74, 6) is 1.51. The number of para-hydroxylation sites is 1. The Balaban J connectivity index is 1.81. The van der Waals surface area contributed by atoms with E-state index < -0.39 is 0 Å². The van der Waals surface area contributed by atoms with Crippen LogP contribution in [0, 0.1) is 0 Å². The summed E-state index contributed by atoms with van der Waals surface area (Å²) in [5.41, 5.74) is 1.97. The second-order valence-corrected chi connectivity index (χ2v) is 5.47. The van der Waals surface area contributed by atoms with Crippen LogP contribution in [0.25, 0.3) is 4.96 Å². The molecule has 3 rings (SSSR count). The van der Waals surface area contributed by atoms with E-state index in [2.05, 4.69) is 10.3 Å². The average Bonchev–Trinajstić information content (AvgIpc) is 3.07. The molecule has 0 saturated heterocycles. The molecular weight excluding hydrogens is 286 g/mol. The van der Waals surface area contributed by atoms with Crippen LogP contribution in [-0.2, 0) is 13.2 Å². The van der Waals surface area contributed by atoms with Gasteiger partial charge in [-0.05, 0) is 13.1 Å². The van der Waals surface area contributed by atoms with Crippen molar-refractivity contribution in [1.29, 1.82) is 0 Å². The van der Waals surface area contributed by atoms with E-state index in [9.17, 15) is 0 Å². The highest BCUT2D eigenvalue weighted by Gasteiger charge is 2.11. The number of benzene rings is 1. The molecule has 0 radical (unpaired) electrons. The topological polar surface area (TPSA) is 47.8 Å². The summed E-state index contributed by atoms with van der Waals surface area (Å²) < 4.78 is 13.3. The van der Waals surface area contributed by atoms with E-state index in [4.69, 9.17) is 9.47 Å². The van der Waals surface area contributed by atoms with Crippen LogP contribution in [0.2, 0.25) is 0 Å². The van der Waals surface area contributed by atoms with E-state index >= 15 is 0 Å². The van der Waals surface area contributed by atoms with E-state index in [-0.39, 0.29) is 0 Å². The highest BCUT2D eigenvalue weighted by Crippen LogP contribution is 2.31. The molecule has 0 saturated carbocycles. The first-order chi connectivity index (χ1) is 10.3. The third-order valence-electron chi connectivity index (χ3n) is 3.16. The zero-order valence-corrected chi connectivity index (χ0v) is 12.8. The number of imidazole rings is 1. The first kappa shape index (κ1) is 13.9.